The molecule has 0 saturated carbocycles. The molecule has 2 heterocycles. The lowest BCUT2D eigenvalue weighted by atomic mass is 10.1. The van der Waals surface area contributed by atoms with E-state index in [-0.39, 0.29) is 29.6 Å². The highest BCUT2D eigenvalue weighted by Gasteiger charge is 2.44. The second-order valence-electron chi connectivity index (χ2n) is 7.57. The number of aryl methyl sites for hydroxylation is 1. The molecule has 8 heteroatoms. The van der Waals surface area contributed by atoms with Crippen LogP contribution in [0, 0.1) is 12.7 Å². The van der Waals surface area contributed by atoms with E-state index in [4.69, 9.17) is 0 Å². The van der Waals surface area contributed by atoms with E-state index < -0.39 is 12.0 Å². The quantitative estimate of drug-likeness (QED) is 0.778. The summed E-state index contributed by atoms with van der Waals surface area (Å²) in [6.07, 6.45) is 0.0509. The van der Waals surface area contributed by atoms with E-state index in [9.17, 15) is 23.9 Å². The van der Waals surface area contributed by atoms with Gasteiger partial charge in [0.25, 0.3) is 5.91 Å². The van der Waals surface area contributed by atoms with Gasteiger partial charge < -0.3 is 10.0 Å². The van der Waals surface area contributed by atoms with E-state index >= 15 is 0 Å². The zero-order valence-corrected chi connectivity index (χ0v) is 16.5. The maximum atomic E-state index is 14.0. The van der Waals surface area contributed by atoms with Crippen LogP contribution in [0.25, 0.3) is 0 Å². The summed E-state index contributed by atoms with van der Waals surface area (Å²) in [6, 6.07) is 10.4. The average molecular weight is 411 g/mol. The minimum absolute atomic E-state index is 0.0261. The highest BCUT2D eigenvalue weighted by Crippen LogP contribution is 2.30. The molecule has 0 bridgehead atoms. The number of carbonyl (C=O) groups excluding carboxylic acids is 2. The topological polar surface area (TPSA) is 81.2 Å². The molecule has 1 atom stereocenters. The van der Waals surface area contributed by atoms with Crippen LogP contribution in [0.1, 0.15) is 22.3 Å². The lowest BCUT2D eigenvalue weighted by Crippen LogP contribution is -2.52. The van der Waals surface area contributed by atoms with Gasteiger partial charge in [-0.15, -0.1) is 0 Å². The molecule has 0 unspecified atom stereocenters. The summed E-state index contributed by atoms with van der Waals surface area (Å²) in [5.41, 5.74) is 1.54. The van der Waals surface area contributed by atoms with Crippen LogP contribution < -0.4 is 9.80 Å². The van der Waals surface area contributed by atoms with Gasteiger partial charge in [-0.1, -0.05) is 18.2 Å². The van der Waals surface area contributed by atoms with Gasteiger partial charge in [-0.25, -0.2) is 14.1 Å². The molecule has 2 amide bonds. The minimum atomic E-state index is -1.11. The molecule has 156 valence electrons. The molecular formula is C22H22FN3O4. The van der Waals surface area contributed by atoms with Crippen molar-refractivity contribution in [1.82, 2.24) is 4.90 Å². The molecule has 2 saturated heterocycles. The van der Waals surface area contributed by atoms with Gasteiger partial charge in [0.1, 0.15) is 5.82 Å². The number of nitrogens with zero attached hydrogens (tertiary/aromatic N) is 3. The summed E-state index contributed by atoms with van der Waals surface area (Å²) < 4.78 is 14.0. The summed E-state index contributed by atoms with van der Waals surface area (Å²) in [6.45, 7) is 3.89. The molecule has 2 fully saturated rings. The van der Waals surface area contributed by atoms with Gasteiger partial charge in [-0.05, 0) is 36.8 Å². The van der Waals surface area contributed by atoms with Crippen molar-refractivity contribution in [3.8, 4) is 0 Å². The Bertz CT molecular complexity index is 1020. The summed E-state index contributed by atoms with van der Waals surface area (Å²) in [5, 5.41) is 9.24. The number of halogens is 1. The SMILES string of the molecule is Cc1ccc(C(=O)O)cc1N1C(=O)C[C@@H](N2CCN(c3ccccc3F)CC2)C1=O. The number of amides is 2. The van der Waals surface area contributed by atoms with Crippen LogP contribution in [0.2, 0.25) is 0 Å². The van der Waals surface area contributed by atoms with Gasteiger partial charge in [-0.2, -0.15) is 0 Å². The number of carbonyl (C=O) groups is 3. The molecule has 0 aromatic heterocycles. The largest absolute Gasteiger partial charge is 0.478 e. The third kappa shape index (κ3) is 3.54. The molecule has 1 N–H and O–H groups in total. The number of hydrogen-bond donors (Lipinski definition) is 1. The van der Waals surface area contributed by atoms with E-state index in [1.165, 1.54) is 18.2 Å². The fourth-order valence-corrected chi connectivity index (χ4v) is 4.12. The summed E-state index contributed by atoms with van der Waals surface area (Å²) in [7, 11) is 0. The summed E-state index contributed by atoms with van der Waals surface area (Å²) in [4.78, 5) is 42.1. The Labute approximate surface area is 173 Å². The number of rotatable bonds is 4. The van der Waals surface area contributed by atoms with Crippen LogP contribution in [0.3, 0.4) is 0 Å². The number of carboxylic acids is 1. The highest BCUT2D eigenvalue weighted by molar-refractivity contribution is 6.23. The number of aromatic carboxylic acids is 1. The van der Waals surface area contributed by atoms with Gasteiger partial charge >= 0.3 is 5.97 Å². The van der Waals surface area contributed by atoms with Gasteiger partial charge in [0.2, 0.25) is 5.91 Å². The second kappa shape index (κ2) is 7.87. The Morgan fingerprint density at radius 2 is 1.73 bits per heavy atom. The van der Waals surface area contributed by atoms with Crippen molar-refractivity contribution in [2.45, 2.75) is 19.4 Å². The van der Waals surface area contributed by atoms with Gasteiger partial charge in [0.05, 0.1) is 29.4 Å². The van der Waals surface area contributed by atoms with Crippen molar-refractivity contribution < 1.29 is 23.9 Å². The lowest BCUT2D eigenvalue weighted by Gasteiger charge is -2.38. The number of para-hydroxylation sites is 1. The van der Waals surface area contributed by atoms with Gasteiger partial charge in [0, 0.05) is 26.2 Å². The zero-order valence-electron chi connectivity index (χ0n) is 16.5. The molecule has 4 rings (SSSR count). The van der Waals surface area contributed by atoms with Crippen molar-refractivity contribution in [2.24, 2.45) is 0 Å². The lowest BCUT2D eigenvalue weighted by molar-refractivity contribution is -0.123. The molecule has 0 spiro atoms. The first-order chi connectivity index (χ1) is 14.4. The van der Waals surface area contributed by atoms with Crippen molar-refractivity contribution in [3.05, 3.63) is 59.4 Å². The fourth-order valence-electron chi connectivity index (χ4n) is 4.12. The monoisotopic (exact) mass is 411 g/mol. The molecular weight excluding hydrogens is 389 g/mol. The molecule has 7 nitrogen and oxygen atoms in total. The smallest absolute Gasteiger partial charge is 0.335 e. The van der Waals surface area contributed by atoms with E-state index in [2.05, 4.69) is 0 Å². The summed E-state index contributed by atoms with van der Waals surface area (Å²) >= 11 is 0. The summed E-state index contributed by atoms with van der Waals surface area (Å²) in [5.74, 6) is -2.08. The van der Waals surface area contributed by atoms with Crippen LogP contribution >= 0.6 is 0 Å². The Balaban J connectivity index is 1.50. The first kappa shape index (κ1) is 20.0. The Morgan fingerprint density at radius 3 is 2.40 bits per heavy atom. The first-order valence-corrected chi connectivity index (χ1v) is 9.81. The highest BCUT2D eigenvalue weighted by atomic mass is 19.1. The zero-order chi connectivity index (χ0) is 21.4. The van der Waals surface area contributed by atoms with Crippen molar-refractivity contribution in [2.75, 3.05) is 36.0 Å². The predicted octanol–water partition coefficient (Wildman–Crippen LogP) is 2.29. The molecule has 2 aromatic carbocycles. The van der Waals surface area contributed by atoms with Gasteiger partial charge in [-0.3, -0.25) is 14.5 Å². The fraction of sp³-hybridized carbons (Fsp3) is 0.318. The molecule has 0 radical (unpaired) electrons. The van der Waals surface area contributed by atoms with Crippen molar-refractivity contribution in [3.63, 3.8) is 0 Å². The normalized spacial score (nSPS) is 20.1. The third-order valence-corrected chi connectivity index (χ3v) is 5.77. The first-order valence-electron chi connectivity index (χ1n) is 9.81. The van der Waals surface area contributed by atoms with E-state index in [0.717, 1.165) is 4.90 Å². The van der Waals surface area contributed by atoms with Crippen LogP contribution in [0.5, 0.6) is 0 Å². The predicted molar refractivity (Wildman–Crippen MR) is 109 cm³/mol. The average Bonchev–Trinajstić information content (AvgIpc) is 3.03. The minimum Gasteiger partial charge on any atom is -0.478 e. The van der Waals surface area contributed by atoms with Crippen molar-refractivity contribution >= 4 is 29.2 Å². The molecule has 2 aromatic rings. The number of benzene rings is 2. The van der Waals surface area contributed by atoms with Crippen LogP contribution in [0.15, 0.2) is 42.5 Å². The van der Waals surface area contributed by atoms with Crippen molar-refractivity contribution in [1.29, 1.82) is 0 Å². The van der Waals surface area contributed by atoms with Crippen LogP contribution in [-0.4, -0.2) is 60.0 Å². The Hall–Kier alpha value is -3.26. The molecule has 2 aliphatic rings. The number of hydrogen-bond acceptors (Lipinski definition) is 5. The Morgan fingerprint density at radius 1 is 1.03 bits per heavy atom. The van der Waals surface area contributed by atoms with E-state index in [1.54, 1.807) is 31.2 Å². The standard InChI is InChI=1S/C22H22FN3O4/c1-14-6-7-15(22(29)30)12-18(14)26-20(27)13-19(21(26)28)25-10-8-24(9-11-25)17-5-3-2-4-16(17)23/h2-7,12,19H,8-11,13H2,1H3,(H,29,30)/t19-/m1/s1. The number of anilines is 2. The molecule has 0 aliphatic carbocycles. The number of imide groups is 1. The van der Waals surface area contributed by atoms with E-state index in [1.807, 2.05) is 9.80 Å². The number of piperazine rings is 1. The third-order valence-electron chi connectivity index (χ3n) is 5.77. The maximum Gasteiger partial charge on any atom is 0.335 e. The number of carboxylic acid groups (broad SMARTS) is 1. The van der Waals surface area contributed by atoms with E-state index in [0.29, 0.717) is 43.1 Å². The molecule has 30 heavy (non-hydrogen) atoms. The van der Waals surface area contributed by atoms with Crippen LogP contribution in [0.4, 0.5) is 15.8 Å². The second-order valence-corrected chi connectivity index (χ2v) is 7.57. The van der Waals surface area contributed by atoms with Crippen LogP contribution in [-0.2, 0) is 9.59 Å². The maximum absolute atomic E-state index is 14.0. The van der Waals surface area contributed by atoms with Gasteiger partial charge in [0.15, 0.2) is 0 Å². The Kier molecular flexibility index (Phi) is 5.26. The molecule has 2 aliphatic heterocycles.